The van der Waals surface area contributed by atoms with Gasteiger partial charge in [-0.1, -0.05) is 6.07 Å². The highest BCUT2D eigenvalue weighted by Crippen LogP contribution is 2.23. The molecule has 1 unspecified atom stereocenters. The number of ether oxygens (including phenoxy) is 1. The number of benzene rings is 2. The molecule has 0 aliphatic heterocycles. The first-order valence-electron chi connectivity index (χ1n) is 6.88. The van der Waals surface area contributed by atoms with Crippen molar-refractivity contribution in [2.24, 2.45) is 0 Å². The Morgan fingerprint density at radius 2 is 1.95 bits per heavy atom. The molecular formula is C17H18O4S. The minimum atomic E-state index is -0.625. The summed E-state index contributed by atoms with van der Waals surface area (Å²) in [6.45, 7) is 1.68. The molecule has 0 aliphatic rings. The zero-order valence-corrected chi connectivity index (χ0v) is 13.0. The molecule has 22 heavy (non-hydrogen) atoms. The number of phenols is 1. The van der Waals surface area contributed by atoms with Gasteiger partial charge in [0.25, 0.3) is 0 Å². The van der Waals surface area contributed by atoms with Crippen molar-refractivity contribution in [2.45, 2.75) is 17.9 Å². The van der Waals surface area contributed by atoms with Crippen LogP contribution in [0.25, 0.3) is 0 Å². The molecule has 1 atom stereocenters. The highest BCUT2D eigenvalue weighted by Gasteiger charge is 2.07. The average molecular weight is 318 g/mol. The number of thioether (sulfide) groups is 1. The number of aliphatic hydroxyl groups is 1. The number of rotatable bonds is 7. The molecule has 0 radical (unpaired) electrons. The fourth-order valence-electron chi connectivity index (χ4n) is 1.79. The molecule has 0 saturated heterocycles. The zero-order valence-electron chi connectivity index (χ0n) is 12.2. The predicted molar refractivity (Wildman–Crippen MR) is 86.8 cm³/mol. The highest BCUT2D eigenvalue weighted by atomic mass is 32.2. The van der Waals surface area contributed by atoms with Crippen molar-refractivity contribution in [1.29, 1.82) is 0 Å². The summed E-state index contributed by atoms with van der Waals surface area (Å²) in [6.07, 6.45) is -0.625. The standard InChI is InChI=1S/C17H18O4S/c1-12(18)13-5-7-16(8-6-13)21-10-15(20)11-22-17-4-2-3-14(19)9-17/h2-9,15,19-20H,10-11H2,1H3. The van der Waals surface area contributed by atoms with Crippen molar-refractivity contribution in [2.75, 3.05) is 12.4 Å². The van der Waals surface area contributed by atoms with Crippen molar-refractivity contribution in [1.82, 2.24) is 0 Å². The van der Waals surface area contributed by atoms with E-state index in [0.29, 0.717) is 17.1 Å². The van der Waals surface area contributed by atoms with Gasteiger partial charge in [0.2, 0.25) is 0 Å². The van der Waals surface area contributed by atoms with Crippen LogP contribution in [0.4, 0.5) is 0 Å². The van der Waals surface area contributed by atoms with Crippen molar-refractivity contribution in [3.05, 3.63) is 54.1 Å². The molecule has 2 N–H and O–H groups in total. The Kier molecular flexibility index (Phi) is 5.86. The van der Waals surface area contributed by atoms with E-state index >= 15 is 0 Å². The van der Waals surface area contributed by atoms with Gasteiger partial charge in [0.1, 0.15) is 18.1 Å². The second-order valence-electron chi connectivity index (χ2n) is 4.85. The number of ketones is 1. The van der Waals surface area contributed by atoms with Crippen LogP contribution >= 0.6 is 11.8 Å². The highest BCUT2D eigenvalue weighted by molar-refractivity contribution is 7.99. The Bertz CT molecular complexity index is 625. The van der Waals surface area contributed by atoms with Gasteiger partial charge >= 0.3 is 0 Å². The Morgan fingerprint density at radius 1 is 1.23 bits per heavy atom. The van der Waals surface area contributed by atoms with Gasteiger partial charge in [0.15, 0.2) is 5.78 Å². The summed E-state index contributed by atoms with van der Waals surface area (Å²) in [4.78, 5) is 12.1. The van der Waals surface area contributed by atoms with E-state index in [0.717, 1.165) is 4.90 Å². The van der Waals surface area contributed by atoms with E-state index in [1.807, 2.05) is 6.07 Å². The molecule has 0 fully saturated rings. The second-order valence-corrected chi connectivity index (χ2v) is 5.95. The smallest absolute Gasteiger partial charge is 0.159 e. The Balaban J connectivity index is 1.77. The van der Waals surface area contributed by atoms with Crippen molar-refractivity contribution >= 4 is 17.5 Å². The van der Waals surface area contributed by atoms with Crippen LogP contribution in [0.5, 0.6) is 11.5 Å². The van der Waals surface area contributed by atoms with Crippen LogP contribution in [-0.2, 0) is 0 Å². The van der Waals surface area contributed by atoms with Crippen LogP contribution in [0.3, 0.4) is 0 Å². The normalized spacial score (nSPS) is 11.9. The van der Waals surface area contributed by atoms with Crippen molar-refractivity contribution < 1.29 is 19.7 Å². The van der Waals surface area contributed by atoms with Crippen LogP contribution in [0.15, 0.2) is 53.4 Å². The van der Waals surface area contributed by atoms with Crippen LogP contribution in [0.2, 0.25) is 0 Å². The maximum atomic E-state index is 11.2. The predicted octanol–water partition coefficient (Wildman–Crippen LogP) is 3.13. The van der Waals surface area contributed by atoms with Gasteiger partial charge in [-0.2, -0.15) is 0 Å². The topological polar surface area (TPSA) is 66.8 Å². The molecule has 2 rings (SSSR count). The van der Waals surface area contributed by atoms with Crippen LogP contribution in [0, 0.1) is 0 Å². The zero-order chi connectivity index (χ0) is 15.9. The van der Waals surface area contributed by atoms with Gasteiger partial charge in [0.05, 0.1) is 6.10 Å². The van der Waals surface area contributed by atoms with Crippen LogP contribution in [0.1, 0.15) is 17.3 Å². The van der Waals surface area contributed by atoms with Gasteiger partial charge in [-0.25, -0.2) is 0 Å². The Morgan fingerprint density at radius 3 is 2.59 bits per heavy atom. The van der Waals surface area contributed by atoms with E-state index in [-0.39, 0.29) is 18.1 Å². The first kappa shape index (κ1) is 16.4. The molecule has 0 amide bonds. The quantitative estimate of drug-likeness (QED) is 0.606. The summed E-state index contributed by atoms with van der Waals surface area (Å²) in [5.41, 5.74) is 0.632. The maximum absolute atomic E-state index is 11.2. The lowest BCUT2D eigenvalue weighted by atomic mass is 10.1. The molecule has 4 nitrogen and oxygen atoms in total. The molecule has 0 saturated carbocycles. The summed E-state index contributed by atoms with van der Waals surface area (Å²) in [5, 5.41) is 19.3. The number of hydrogen-bond donors (Lipinski definition) is 2. The maximum Gasteiger partial charge on any atom is 0.159 e. The largest absolute Gasteiger partial charge is 0.508 e. The fourth-order valence-corrected chi connectivity index (χ4v) is 2.65. The molecule has 116 valence electrons. The van der Waals surface area contributed by atoms with Crippen LogP contribution in [-0.4, -0.2) is 34.5 Å². The molecule has 2 aromatic carbocycles. The third kappa shape index (κ3) is 5.09. The molecule has 0 heterocycles. The molecule has 0 spiro atoms. The van der Waals surface area contributed by atoms with Gasteiger partial charge in [-0.05, 0) is 49.4 Å². The van der Waals surface area contributed by atoms with Crippen molar-refractivity contribution in [3.63, 3.8) is 0 Å². The first-order chi connectivity index (χ1) is 10.5. The monoisotopic (exact) mass is 318 g/mol. The van der Waals surface area contributed by atoms with E-state index < -0.39 is 6.10 Å². The van der Waals surface area contributed by atoms with Crippen LogP contribution < -0.4 is 4.74 Å². The fraction of sp³-hybridized carbons (Fsp3) is 0.235. The molecule has 5 heteroatoms. The first-order valence-corrected chi connectivity index (χ1v) is 7.87. The second kappa shape index (κ2) is 7.87. The summed E-state index contributed by atoms with van der Waals surface area (Å²) in [6, 6.07) is 13.7. The molecule has 0 aliphatic carbocycles. The van der Waals surface area contributed by atoms with Gasteiger partial charge < -0.3 is 14.9 Å². The molecule has 0 aromatic heterocycles. The van der Waals surface area contributed by atoms with E-state index in [2.05, 4.69) is 0 Å². The number of phenolic OH excluding ortho intramolecular Hbond substituents is 1. The van der Waals surface area contributed by atoms with E-state index in [4.69, 9.17) is 4.74 Å². The molecular weight excluding hydrogens is 300 g/mol. The summed E-state index contributed by atoms with van der Waals surface area (Å²) >= 11 is 1.45. The SMILES string of the molecule is CC(=O)c1ccc(OCC(O)CSc2cccc(O)c2)cc1. The van der Waals surface area contributed by atoms with Gasteiger partial charge in [0, 0.05) is 16.2 Å². The molecule has 2 aromatic rings. The third-order valence-corrected chi connectivity index (χ3v) is 4.10. The minimum Gasteiger partial charge on any atom is -0.508 e. The number of Topliss-reactive ketones (excluding diaryl/α,β-unsaturated/α-hetero) is 1. The number of aliphatic hydroxyl groups excluding tert-OH is 1. The molecule has 0 bridgehead atoms. The number of carbonyl (C=O) groups is 1. The lowest BCUT2D eigenvalue weighted by Gasteiger charge is -2.12. The lowest BCUT2D eigenvalue weighted by Crippen LogP contribution is -2.20. The summed E-state index contributed by atoms with van der Waals surface area (Å²) in [7, 11) is 0. The van der Waals surface area contributed by atoms with Crippen molar-refractivity contribution in [3.8, 4) is 11.5 Å². The summed E-state index contributed by atoms with van der Waals surface area (Å²) < 4.78 is 5.49. The third-order valence-electron chi connectivity index (χ3n) is 2.96. The number of hydrogen-bond acceptors (Lipinski definition) is 5. The number of carbonyl (C=O) groups excluding carboxylic acids is 1. The Hall–Kier alpha value is -1.98. The minimum absolute atomic E-state index is 0.00842. The average Bonchev–Trinajstić information content (AvgIpc) is 2.51. The summed E-state index contributed by atoms with van der Waals surface area (Å²) in [5.74, 6) is 1.30. The van der Waals surface area contributed by atoms with E-state index in [1.165, 1.54) is 18.7 Å². The van der Waals surface area contributed by atoms with Gasteiger partial charge in [-0.15, -0.1) is 11.8 Å². The van der Waals surface area contributed by atoms with E-state index in [9.17, 15) is 15.0 Å². The Labute approximate surface area is 133 Å². The lowest BCUT2D eigenvalue weighted by molar-refractivity contribution is 0.101. The number of aromatic hydroxyl groups is 1. The van der Waals surface area contributed by atoms with Gasteiger partial charge in [-0.3, -0.25) is 4.79 Å². The van der Waals surface area contributed by atoms with E-state index in [1.54, 1.807) is 42.5 Å².